The summed E-state index contributed by atoms with van der Waals surface area (Å²) in [5.74, 6) is 0.891. The van der Waals surface area contributed by atoms with E-state index in [1.54, 1.807) is 13.4 Å². The summed E-state index contributed by atoms with van der Waals surface area (Å²) in [6.07, 6.45) is 3.97. The SMILES string of the molecule is COC1CCN(c2ncnc3sc(N)nc23)CC1. The maximum absolute atomic E-state index is 5.73. The van der Waals surface area contributed by atoms with Crippen LogP contribution in [0, 0.1) is 0 Å². The average Bonchev–Trinajstić information content (AvgIpc) is 2.79. The van der Waals surface area contributed by atoms with E-state index >= 15 is 0 Å². The van der Waals surface area contributed by atoms with Crippen LogP contribution in [0.4, 0.5) is 10.9 Å². The second kappa shape index (κ2) is 4.66. The summed E-state index contributed by atoms with van der Waals surface area (Å²) in [6.45, 7) is 1.87. The third-order valence-electron chi connectivity index (χ3n) is 3.27. The summed E-state index contributed by atoms with van der Waals surface area (Å²) in [4.78, 5) is 16.0. The lowest BCUT2D eigenvalue weighted by Gasteiger charge is -2.31. The van der Waals surface area contributed by atoms with Gasteiger partial charge in [-0.2, -0.15) is 0 Å². The molecule has 0 unspecified atom stereocenters. The molecular weight excluding hydrogens is 250 g/mol. The maximum atomic E-state index is 5.73. The molecule has 0 bridgehead atoms. The standard InChI is InChI=1S/C11H15N5OS/c1-17-7-2-4-16(5-3-7)9-8-10(14-6-13-9)18-11(12)15-8/h6-7H,2-5H2,1H3,(H2,12,15). The first-order chi connectivity index (χ1) is 8.78. The first-order valence-electron chi connectivity index (χ1n) is 5.92. The van der Waals surface area contributed by atoms with Gasteiger partial charge in [-0.25, -0.2) is 15.0 Å². The maximum Gasteiger partial charge on any atom is 0.182 e. The third kappa shape index (κ3) is 1.99. The van der Waals surface area contributed by atoms with Crippen LogP contribution in [0.5, 0.6) is 0 Å². The number of hydrogen-bond donors (Lipinski definition) is 1. The third-order valence-corrected chi connectivity index (χ3v) is 4.06. The summed E-state index contributed by atoms with van der Waals surface area (Å²) in [6, 6.07) is 0. The van der Waals surface area contributed by atoms with Crippen molar-refractivity contribution in [3.63, 3.8) is 0 Å². The number of nitrogen functional groups attached to an aromatic ring is 1. The lowest BCUT2D eigenvalue weighted by Crippen LogP contribution is -2.37. The molecule has 2 aromatic rings. The minimum Gasteiger partial charge on any atom is -0.381 e. The van der Waals surface area contributed by atoms with Crippen molar-refractivity contribution in [1.29, 1.82) is 0 Å². The lowest BCUT2D eigenvalue weighted by atomic mass is 10.1. The van der Waals surface area contributed by atoms with Crippen LogP contribution in [0.2, 0.25) is 0 Å². The number of fused-ring (bicyclic) bond motifs is 1. The van der Waals surface area contributed by atoms with Crippen molar-refractivity contribution in [1.82, 2.24) is 15.0 Å². The van der Waals surface area contributed by atoms with Gasteiger partial charge < -0.3 is 15.4 Å². The first kappa shape index (κ1) is 11.6. The topological polar surface area (TPSA) is 77.2 Å². The fourth-order valence-electron chi connectivity index (χ4n) is 2.29. The van der Waals surface area contributed by atoms with Crippen LogP contribution < -0.4 is 10.6 Å². The molecule has 0 aromatic carbocycles. The summed E-state index contributed by atoms with van der Waals surface area (Å²) >= 11 is 1.40. The minimum absolute atomic E-state index is 0.360. The molecule has 0 spiro atoms. The van der Waals surface area contributed by atoms with E-state index in [4.69, 9.17) is 10.5 Å². The van der Waals surface area contributed by atoms with Crippen molar-refractivity contribution in [2.75, 3.05) is 30.8 Å². The molecule has 96 valence electrons. The van der Waals surface area contributed by atoms with Crippen molar-refractivity contribution in [3.05, 3.63) is 6.33 Å². The Morgan fingerprint density at radius 2 is 2.17 bits per heavy atom. The van der Waals surface area contributed by atoms with Crippen LogP contribution in [-0.4, -0.2) is 41.3 Å². The number of aromatic nitrogens is 3. The highest BCUT2D eigenvalue weighted by Crippen LogP contribution is 2.29. The van der Waals surface area contributed by atoms with E-state index in [0.29, 0.717) is 11.2 Å². The molecule has 18 heavy (non-hydrogen) atoms. The van der Waals surface area contributed by atoms with Crippen LogP contribution in [0.15, 0.2) is 6.33 Å². The molecule has 0 aliphatic carbocycles. The zero-order chi connectivity index (χ0) is 12.5. The van der Waals surface area contributed by atoms with Crippen LogP contribution in [0.1, 0.15) is 12.8 Å². The van der Waals surface area contributed by atoms with E-state index in [0.717, 1.165) is 42.1 Å². The highest BCUT2D eigenvalue weighted by Gasteiger charge is 2.22. The van der Waals surface area contributed by atoms with Crippen LogP contribution in [0.25, 0.3) is 10.3 Å². The molecule has 0 saturated carbocycles. The predicted octanol–water partition coefficient (Wildman–Crippen LogP) is 1.28. The molecule has 3 rings (SSSR count). The van der Waals surface area contributed by atoms with Gasteiger partial charge in [0.15, 0.2) is 15.8 Å². The van der Waals surface area contributed by atoms with E-state index in [9.17, 15) is 0 Å². The molecule has 1 aliphatic rings. The summed E-state index contributed by atoms with van der Waals surface area (Å²) in [5, 5.41) is 0.540. The molecule has 0 atom stereocenters. The van der Waals surface area contributed by atoms with E-state index < -0.39 is 0 Å². The quantitative estimate of drug-likeness (QED) is 0.881. The number of piperidine rings is 1. The van der Waals surface area contributed by atoms with E-state index in [-0.39, 0.29) is 0 Å². The van der Waals surface area contributed by atoms with Crippen LogP contribution in [0.3, 0.4) is 0 Å². The molecule has 0 amide bonds. The Morgan fingerprint density at radius 3 is 2.89 bits per heavy atom. The minimum atomic E-state index is 0.360. The van der Waals surface area contributed by atoms with Gasteiger partial charge in [0.25, 0.3) is 0 Å². The molecule has 3 heterocycles. The largest absolute Gasteiger partial charge is 0.381 e. The van der Waals surface area contributed by atoms with Gasteiger partial charge in [0.2, 0.25) is 0 Å². The van der Waals surface area contributed by atoms with Crippen molar-refractivity contribution in [2.45, 2.75) is 18.9 Å². The van der Waals surface area contributed by atoms with Gasteiger partial charge in [-0.3, -0.25) is 0 Å². The highest BCUT2D eigenvalue weighted by atomic mass is 32.1. The molecule has 2 N–H and O–H groups in total. The number of nitrogens with two attached hydrogens (primary N) is 1. The molecule has 2 aromatic heterocycles. The predicted molar refractivity (Wildman–Crippen MR) is 71.9 cm³/mol. The summed E-state index contributed by atoms with van der Waals surface area (Å²) < 4.78 is 5.37. The molecule has 6 nitrogen and oxygen atoms in total. The Labute approximate surface area is 109 Å². The fraction of sp³-hybridized carbons (Fsp3) is 0.545. The van der Waals surface area contributed by atoms with Gasteiger partial charge in [0.1, 0.15) is 11.8 Å². The molecule has 0 radical (unpaired) electrons. The molecular formula is C11H15N5OS. The molecule has 1 aliphatic heterocycles. The Hall–Kier alpha value is -1.47. The molecule has 1 saturated heterocycles. The Bertz CT molecular complexity index is 549. The van der Waals surface area contributed by atoms with Crippen molar-refractivity contribution >= 4 is 32.6 Å². The normalized spacial score (nSPS) is 17.5. The van der Waals surface area contributed by atoms with Crippen LogP contribution >= 0.6 is 11.3 Å². The number of anilines is 2. The second-order valence-electron chi connectivity index (χ2n) is 4.33. The lowest BCUT2D eigenvalue weighted by molar-refractivity contribution is 0.0818. The van der Waals surface area contributed by atoms with E-state index in [2.05, 4.69) is 19.9 Å². The number of ether oxygens (including phenoxy) is 1. The summed E-state index contributed by atoms with van der Waals surface area (Å²) in [5.41, 5.74) is 6.55. The number of thiazole rings is 1. The van der Waals surface area contributed by atoms with Gasteiger partial charge in [0.05, 0.1) is 6.10 Å². The Balaban J connectivity index is 1.90. The van der Waals surface area contributed by atoms with E-state index in [1.165, 1.54) is 11.3 Å². The first-order valence-corrected chi connectivity index (χ1v) is 6.74. The zero-order valence-corrected chi connectivity index (χ0v) is 11.0. The van der Waals surface area contributed by atoms with E-state index in [1.807, 2.05) is 0 Å². The van der Waals surface area contributed by atoms with Crippen molar-refractivity contribution < 1.29 is 4.74 Å². The second-order valence-corrected chi connectivity index (χ2v) is 5.33. The molecule has 1 fully saturated rings. The van der Waals surface area contributed by atoms with Gasteiger partial charge in [0, 0.05) is 20.2 Å². The van der Waals surface area contributed by atoms with Crippen molar-refractivity contribution in [3.8, 4) is 0 Å². The molecule has 7 heteroatoms. The highest BCUT2D eigenvalue weighted by molar-refractivity contribution is 7.21. The van der Waals surface area contributed by atoms with Crippen molar-refractivity contribution in [2.24, 2.45) is 0 Å². The van der Waals surface area contributed by atoms with Gasteiger partial charge in [-0.05, 0) is 12.8 Å². The van der Waals surface area contributed by atoms with Gasteiger partial charge in [-0.15, -0.1) is 0 Å². The average molecular weight is 265 g/mol. The van der Waals surface area contributed by atoms with Gasteiger partial charge in [-0.1, -0.05) is 11.3 Å². The number of rotatable bonds is 2. The zero-order valence-electron chi connectivity index (χ0n) is 10.2. The monoisotopic (exact) mass is 265 g/mol. The Morgan fingerprint density at radius 1 is 1.39 bits per heavy atom. The Kier molecular flexibility index (Phi) is 3.00. The van der Waals surface area contributed by atoms with Crippen LogP contribution in [-0.2, 0) is 4.74 Å². The smallest absolute Gasteiger partial charge is 0.182 e. The van der Waals surface area contributed by atoms with Gasteiger partial charge >= 0.3 is 0 Å². The summed E-state index contributed by atoms with van der Waals surface area (Å²) in [7, 11) is 1.77. The number of methoxy groups -OCH3 is 1. The number of nitrogens with zero attached hydrogens (tertiary/aromatic N) is 4. The fourth-order valence-corrected chi connectivity index (χ4v) is 2.96. The number of hydrogen-bond acceptors (Lipinski definition) is 7.